The first-order chi connectivity index (χ1) is 5.62. The summed E-state index contributed by atoms with van der Waals surface area (Å²) in [4.78, 5) is 0. The molecule has 0 bridgehead atoms. The molecule has 0 spiro atoms. The fourth-order valence-corrected chi connectivity index (χ4v) is 1.31. The summed E-state index contributed by atoms with van der Waals surface area (Å²) < 4.78 is 26.3. The molecule has 3 nitrogen and oxygen atoms in total. The summed E-state index contributed by atoms with van der Waals surface area (Å²) >= 11 is 0. The molecule has 0 fully saturated rings. The zero-order valence-corrected chi connectivity index (χ0v) is 7.64. The van der Waals surface area contributed by atoms with E-state index >= 15 is 0 Å². The second-order valence-corrected chi connectivity index (χ2v) is 3.83. The predicted molar refractivity (Wildman–Crippen MR) is 48.0 cm³/mol. The highest BCUT2D eigenvalue weighted by Gasteiger charge is 2.06. The standard InChI is InChI=1S/C8H12O3S/c1-3-5-6-7-11-12(9,10)8-4-2/h1,4H,2,5-8H2. The average Bonchev–Trinajstić information content (AvgIpc) is 1.98. The lowest BCUT2D eigenvalue weighted by molar-refractivity contribution is 0.316. The van der Waals surface area contributed by atoms with Crippen molar-refractivity contribution in [2.45, 2.75) is 12.8 Å². The minimum Gasteiger partial charge on any atom is -0.270 e. The van der Waals surface area contributed by atoms with Crippen molar-refractivity contribution >= 4 is 10.1 Å². The normalized spacial score (nSPS) is 10.6. The Morgan fingerprint density at radius 2 is 2.25 bits per heavy atom. The molecule has 0 heterocycles. The van der Waals surface area contributed by atoms with Gasteiger partial charge in [-0.3, -0.25) is 4.18 Å². The van der Waals surface area contributed by atoms with Gasteiger partial charge in [0.2, 0.25) is 0 Å². The number of hydrogen-bond donors (Lipinski definition) is 0. The summed E-state index contributed by atoms with van der Waals surface area (Å²) in [6.07, 6.45) is 7.35. The lowest BCUT2D eigenvalue weighted by Gasteiger charge is -2.00. The Bertz CT molecular complexity index is 259. The van der Waals surface area contributed by atoms with E-state index < -0.39 is 10.1 Å². The lowest BCUT2D eigenvalue weighted by atomic mass is 10.3. The second kappa shape index (κ2) is 5.81. The van der Waals surface area contributed by atoms with E-state index in [-0.39, 0.29) is 12.4 Å². The highest BCUT2D eigenvalue weighted by Crippen LogP contribution is 1.96. The van der Waals surface area contributed by atoms with Crippen LogP contribution in [0.15, 0.2) is 12.7 Å². The maximum Gasteiger partial charge on any atom is 0.270 e. The van der Waals surface area contributed by atoms with Gasteiger partial charge in [-0.1, -0.05) is 6.08 Å². The maximum absolute atomic E-state index is 10.8. The molecule has 0 atom stereocenters. The lowest BCUT2D eigenvalue weighted by Crippen LogP contribution is -2.09. The van der Waals surface area contributed by atoms with Gasteiger partial charge in [0.15, 0.2) is 0 Å². The van der Waals surface area contributed by atoms with Gasteiger partial charge in [-0.15, -0.1) is 18.9 Å². The van der Waals surface area contributed by atoms with Crippen LogP contribution in [-0.4, -0.2) is 20.8 Å². The molecule has 0 amide bonds. The summed E-state index contributed by atoms with van der Waals surface area (Å²) in [5.41, 5.74) is 0. The molecule has 0 aliphatic rings. The zero-order valence-electron chi connectivity index (χ0n) is 6.82. The first-order valence-corrected chi connectivity index (χ1v) is 5.11. The molecule has 0 unspecified atom stereocenters. The van der Waals surface area contributed by atoms with E-state index in [2.05, 4.69) is 16.7 Å². The summed E-state index contributed by atoms with van der Waals surface area (Å²) in [7, 11) is -3.40. The van der Waals surface area contributed by atoms with E-state index in [1.54, 1.807) is 0 Å². The second-order valence-electron chi connectivity index (χ2n) is 2.14. The molecule has 0 saturated heterocycles. The molecule has 68 valence electrons. The number of terminal acetylenes is 1. The third-order valence-electron chi connectivity index (χ3n) is 1.05. The van der Waals surface area contributed by atoms with Crippen LogP contribution in [0.3, 0.4) is 0 Å². The van der Waals surface area contributed by atoms with Crippen LogP contribution in [0.2, 0.25) is 0 Å². The van der Waals surface area contributed by atoms with Gasteiger partial charge < -0.3 is 0 Å². The van der Waals surface area contributed by atoms with Crippen LogP contribution in [-0.2, 0) is 14.3 Å². The van der Waals surface area contributed by atoms with Gasteiger partial charge in [0.25, 0.3) is 10.1 Å². The molecular formula is C8H12O3S. The number of unbranched alkanes of at least 4 members (excludes halogenated alkanes) is 1. The molecule has 0 N–H and O–H groups in total. The van der Waals surface area contributed by atoms with E-state index in [0.29, 0.717) is 12.8 Å². The summed E-state index contributed by atoms with van der Waals surface area (Å²) in [5, 5.41) is 0. The van der Waals surface area contributed by atoms with Gasteiger partial charge in [-0.05, 0) is 6.42 Å². The quantitative estimate of drug-likeness (QED) is 0.269. The third-order valence-corrected chi connectivity index (χ3v) is 2.22. The fraction of sp³-hybridized carbons (Fsp3) is 0.500. The van der Waals surface area contributed by atoms with Gasteiger partial charge in [0.1, 0.15) is 0 Å². The first kappa shape index (κ1) is 11.2. The Labute approximate surface area is 73.6 Å². The van der Waals surface area contributed by atoms with Crippen LogP contribution in [0, 0.1) is 12.3 Å². The van der Waals surface area contributed by atoms with Crippen molar-refractivity contribution in [3.05, 3.63) is 12.7 Å². The molecule has 4 heteroatoms. The van der Waals surface area contributed by atoms with Crippen molar-refractivity contribution in [1.29, 1.82) is 0 Å². The van der Waals surface area contributed by atoms with Crippen molar-refractivity contribution < 1.29 is 12.6 Å². The molecule has 0 aromatic rings. The highest BCUT2D eigenvalue weighted by atomic mass is 32.2. The Balaban J connectivity index is 3.63. The molecule has 0 radical (unpaired) electrons. The highest BCUT2D eigenvalue weighted by molar-refractivity contribution is 7.86. The average molecular weight is 188 g/mol. The van der Waals surface area contributed by atoms with Crippen LogP contribution in [0.5, 0.6) is 0 Å². The third kappa shape index (κ3) is 5.96. The van der Waals surface area contributed by atoms with Crippen LogP contribution in [0.1, 0.15) is 12.8 Å². The van der Waals surface area contributed by atoms with Gasteiger partial charge in [-0.2, -0.15) is 8.42 Å². The Morgan fingerprint density at radius 3 is 2.75 bits per heavy atom. The van der Waals surface area contributed by atoms with Gasteiger partial charge in [0.05, 0.1) is 12.4 Å². The monoisotopic (exact) mass is 188 g/mol. The van der Waals surface area contributed by atoms with Crippen LogP contribution in [0.4, 0.5) is 0 Å². The molecule has 0 aromatic carbocycles. The predicted octanol–water partition coefficient (Wildman–Crippen LogP) is 0.932. The van der Waals surface area contributed by atoms with Crippen molar-refractivity contribution in [3.8, 4) is 12.3 Å². The van der Waals surface area contributed by atoms with Crippen LogP contribution in [0.25, 0.3) is 0 Å². The molecule has 0 aromatic heterocycles. The molecule has 0 rings (SSSR count). The van der Waals surface area contributed by atoms with Crippen LogP contribution >= 0.6 is 0 Å². The minimum absolute atomic E-state index is 0.150. The summed E-state index contributed by atoms with van der Waals surface area (Å²) in [5.74, 6) is 2.24. The van der Waals surface area contributed by atoms with Crippen molar-refractivity contribution in [1.82, 2.24) is 0 Å². The molecule has 0 saturated carbocycles. The largest absolute Gasteiger partial charge is 0.270 e. The Hall–Kier alpha value is -0.790. The van der Waals surface area contributed by atoms with E-state index in [4.69, 9.17) is 6.42 Å². The molecular weight excluding hydrogens is 176 g/mol. The smallest absolute Gasteiger partial charge is 0.270 e. The number of rotatable bonds is 6. The number of hydrogen-bond acceptors (Lipinski definition) is 3. The van der Waals surface area contributed by atoms with Gasteiger partial charge in [0, 0.05) is 6.42 Å². The topological polar surface area (TPSA) is 43.4 Å². The maximum atomic E-state index is 10.8. The van der Waals surface area contributed by atoms with Gasteiger partial charge >= 0.3 is 0 Å². The van der Waals surface area contributed by atoms with E-state index in [1.807, 2.05) is 0 Å². The Morgan fingerprint density at radius 1 is 1.58 bits per heavy atom. The van der Waals surface area contributed by atoms with E-state index in [9.17, 15) is 8.42 Å². The molecule has 0 aliphatic heterocycles. The summed E-state index contributed by atoms with van der Waals surface area (Å²) in [6, 6.07) is 0. The molecule has 12 heavy (non-hydrogen) atoms. The fourth-order valence-electron chi connectivity index (χ4n) is 0.553. The van der Waals surface area contributed by atoms with Crippen molar-refractivity contribution in [2.75, 3.05) is 12.4 Å². The van der Waals surface area contributed by atoms with E-state index in [1.165, 1.54) is 6.08 Å². The zero-order chi connectivity index (χ0) is 9.45. The molecule has 0 aliphatic carbocycles. The SMILES string of the molecule is C#CCCCOS(=O)(=O)CC=C. The van der Waals surface area contributed by atoms with Crippen LogP contribution < -0.4 is 0 Å². The van der Waals surface area contributed by atoms with Gasteiger partial charge in [-0.25, -0.2) is 0 Å². The summed E-state index contributed by atoms with van der Waals surface area (Å²) in [6.45, 7) is 3.45. The van der Waals surface area contributed by atoms with Crippen molar-refractivity contribution in [2.24, 2.45) is 0 Å². The minimum atomic E-state index is -3.40. The Kier molecular flexibility index (Phi) is 5.43. The van der Waals surface area contributed by atoms with Crippen molar-refractivity contribution in [3.63, 3.8) is 0 Å². The van der Waals surface area contributed by atoms with E-state index in [0.717, 1.165) is 0 Å². The first-order valence-electron chi connectivity index (χ1n) is 3.54.